The Bertz CT molecular complexity index is 388. The molecule has 0 spiro atoms. The van der Waals surface area contributed by atoms with Crippen LogP contribution in [0.4, 0.5) is 0 Å². The maximum atomic E-state index is 12.1. The van der Waals surface area contributed by atoms with Gasteiger partial charge in [0.25, 0.3) is 0 Å². The number of rotatable bonds is 7. The van der Waals surface area contributed by atoms with Gasteiger partial charge in [-0.1, -0.05) is 27.7 Å². The molecule has 0 unspecified atom stereocenters. The highest BCUT2D eigenvalue weighted by atomic mass is 32.2. The maximum absolute atomic E-state index is 12.1. The van der Waals surface area contributed by atoms with Gasteiger partial charge in [0.1, 0.15) is 5.25 Å². The molecule has 104 valence electrons. The SMILES string of the molecule is CC(C)CC[S@](=O)[C@H](C)c1nnc(CC(C)C)o1. The van der Waals surface area contributed by atoms with Gasteiger partial charge < -0.3 is 4.42 Å². The van der Waals surface area contributed by atoms with Crippen LogP contribution >= 0.6 is 0 Å². The molecule has 1 aromatic rings. The summed E-state index contributed by atoms with van der Waals surface area (Å²) in [7, 11) is -0.932. The van der Waals surface area contributed by atoms with E-state index in [-0.39, 0.29) is 5.25 Å². The summed E-state index contributed by atoms with van der Waals surface area (Å²) in [6.07, 6.45) is 1.74. The summed E-state index contributed by atoms with van der Waals surface area (Å²) in [4.78, 5) is 0. The lowest BCUT2D eigenvalue weighted by Gasteiger charge is -2.08. The minimum absolute atomic E-state index is 0.169. The molecule has 0 fully saturated rings. The molecule has 0 amide bonds. The smallest absolute Gasteiger partial charge is 0.231 e. The van der Waals surface area contributed by atoms with Gasteiger partial charge >= 0.3 is 0 Å². The van der Waals surface area contributed by atoms with Crippen LogP contribution in [0.25, 0.3) is 0 Å². The van der Waals surface area contributed by atoms with Gasteiger partial charge in [0, 0.05) is 23.0 Å². The van der Waals surface area contributed by atoms with E-state index in [1.807, 2.05) is 6.92 Å². The van der Waals surface area contributed by atoms with Gasteiger partial charge in [-0.2, -0.15) is 0 Å². The molecule has 0 bridgehead atoms. The Kier molecular flexibility index (Phi) is 5.99. The first-order chi connectivity index (χ1) is 8.40. The lowest BCUT2D eigenvalue weighted by Crippen LogP contribution is -2.09. The predicted octanol–water partition coefficient (Wildman–Crippen LogP) is 3.12. The summed E-state index contributed by atoms with van der Waals surface area (Å²) < 4.78 is 17.6. The molecule has 4 nitrogen and oxygen atoms in total. The molecule has 0 aromatic carbocycles. The Morgan fingerprint density at radius 3 is 2.33 bits per heavy atom. The minimum atomic E-state index is -0.932. The molecule has 5 heteroatoms. The zero-order chi connectivity index (χ0) is 13.7. The van der Waals surface area contributed by atoms with Gasteiger partial charge in [-0.05, 0) is 25.2 Å². The van der Waals surface area contributed by atoms with Gasteiger partial charge in [0.15, 0.2) is 0 Å². The number of aromatic nitrogens is 2. The molecule has 0 aliphatic rings. The lowest BCUT2D eigenvalue weighted by molar-refractivity contribution is 0.425. The fourth-order valence-electron chi connectivity index (χ4n) is 1.50. The van der Waals surface area contributed by atoms with Crippen LogP contribution in [0.5, 0.6) is 0 Å². The second-order valence-electron chi connectivity index (χ2n) is 5.54. The minimum Gasteiger partial charge on any atom is -0.424 e. The Morgan fingerprint density at radius 2 is 1.78 bits per heavy atom. The van der Waals surface area contributed by atoms with Crippen molar-refractivity contribution in [3.63, 3.8) is 0 Å². The van der Waals surface area contributed by atoms with Crippen LogP contribution in [0.1, 0.15) is 58.1 Å². The molecule has 1 aromatic heterocycles. The zero-order valence-electron chi connectivity index (χ0n) is 12.0. The maximum Gasteiger partial charge on any atom is 0.231 e. The van der Waals surface area contributed by atoms with Gasteiger partial charge in [-0.15, -0.1) is 10.2 Å². The first kappa shape index (κ1) is 15.3. The summed E-state index contributed by atoms with van der Waals surface area (Å²) in [6.45, 7) is 10.4. The summed E-state index contributed by atoms with van der Waals surface area (Å²) in [5.74, 6) is 2.90. The first-order valence-corrected chi connectivity index (χ1v) is 7.97. The van der Waals surface area contributed by atoms with E-state index < -0.39 is 10.8 Å². The number of hydrogen-bond donors (Lipinski definition) is 0. The normalized spacial score (nSPS) is 15.3. The molecule has 0 aliphatic carbocycles. The number of nitrogens with zero attached hydrogens (tertiary/aromatic N) is 2. The molecule has 2 atom stereocenters. The highest BCUT2D eigenvalue weighted by Gasteiger charge is 2.20. The molecular formula is C13H24N2O2S. The van der Waals surface area contributed by atoms with Crippen molar-refractivity contribution in [3.05, 3.63) is 11.8 Å². The van der Waals surface area contributed by atoms with Gasteiger partial charge in [-0.25, -0.2) is 0 Å². The van der Waals surface area contributed by atoms with Crippen molar-refractivity contribution in [3.8, 4) is 0 Å². The highest BCUT2D eigenvalue weighted by molar-refractivity contribution is 7.85. The van der Waals surface area contributed by atoms with Gasteiger partial charge in [0.2, 0.25) is 11.8 Å². The first-order valence-electron chi connectivity index (χ1n) is 6.59. The topological polar surface area (TPSA) is 56.0 Å². The monoisotopic (exact) mass is 272 g/mol. The van der Waals surface area contributed by atoms with Crippen LogP contribution in [-0.2, 0) is 17.2 Å². The third-order valence-corrected chi connectivity index (χ3v) is 4.33. The van der Waals surface area contributed by atoms with E-state index in [0.717, 1.165) is 12.8 Å². The molecule has 0 saturated heterocycles. The van der Waals surface area contributed by atoms with E-state index in [2.05, 4.69) is 37.9 Å². The van der Waals surface area contributed by atoms with Crippen molar-refractivity contribution in [1.29, 1.82) is 0 Å². The van der Waals surface area contributed by atoms with Crippen LogP contribution in [0.15, 0.2) is 4.42 Å². The van der Waals surface area contributed by atoms with Crippen molar-refractivity contribution in [2.24, 2.45) is 11.8 Å². The van der Waals surface area contributed by atoms with E-state index in [9.17, 15) is 4.21 Å². The van der Waals surface area contributed by atoms with Gasteiger partial charge in [-0.3, -0.25) is 4.21 Å². The molecular weight excluding hydrogens is 248 g/mol. The molecule has 18 heavy (non-hydrogen) atoms. The average Bonchev–Trinajstić information content (AvgIpc) is 2.72. The largest absolute Gasteiger partial charge is 0.424 e. The van der Waals surface area contributed by atoms with Crippen molar-refractivity contribution in [2.45, 2.75) is 52.7 Å². The third kappa shape index (κ3) is 4.88. The standard InChI is InChI=1S/C13H24N2O2S/c1-9(2)6-7-18(16)11(5)13-15-14-12(17-13)8-10(3)4/h9-11H,6-8H2,1-5H3/t11-,18+/m1/s1. The quantitative estimate of drug-likeness (QED) is 0.765. The highest BCUT2D eigenvalue weighted by Crippen LogP contribution is 2.20. The second-order valence-corrected chi connectivity index (χ2v) is 7.42. The number of hydrogen-bond acceptors (Lipinski definition) is 4. The Labute approximate surface area is 112 Å². The predicted molar refractivity (Wildman–Crippen MR) is 73.7 cm³/mol. The van der Waals surface area contributed by atoms with Crippen molar-refractivity contribution in [2.75, 3.05) is 5.75 Å². The third-order valence-electron chi connectivity index (χ3n) is 2.70. The molecule has 0 aliphatic heterocycles. The Morgan fingerprint density at radius 1 is 1.11 bits per heavy atom. The lowest BCUT2D eigenvalue weighted by atomic mass is 10.1. The van der Waals surface area contributed by atoms with E-state index >= 15 is 0 Å². The second kappa shape index (κ2) is 7.02. The Hall–Kier alpha value is -0.710. The Balaban J connectivity index is 2.57. The van der Waals surface area contributed by atoms with E-state index in [1.54, 1.807) is 0 Å². The van der Waals surface area contributed by atoms with E-state index in [4.69, 9.17) is 4.42 Å². The fourth-order valence-corrected chi connectivity index (χ4v) is 2.88. The molecule has 1 heterocycles. The van der Waals surface area contributed by atoms with E-state index in [1.165, 1.54) is 0 Å². The van der Waals surface area contributed by atoms with Crippen molar-refractivity contribution < 1.29 is 8.63 Å². The van der Waals surface area contributed by atoms with Crippen molar-refractivity contribution >= 4 is 10.8 Å². The van der Waals surface area contributed by atoms with Crippen LogP contribution < -0.4 is 0 Å². The fraction of sp³-hybridized carbons (Fsp3) is 0.846. The van der Waals surface area contributed by atoms with Gasteiger partial charge in [0.05, 0.1) is 0 Å². The summed E-state index contributed by atoms with van der Waals surface area (Å²) in [6, 6.07) is 0. The molecule has 0 saturated carbocycles. The van der Waals surface area contributed by atoms with Crippen LogP contribution in [-0.4, -0.2) is 20.2 Å². The molecule has 0 radical (unpaired) electrons. The molecule has 1 rings (SSSR count). The molecule has 0 N–H and O–H groups in total. The van der Waals surface area contributed by atoms with Crippen LogP contribution in [0, 0.1) is 11.8 Å². The zero-order valence-corrected chi connectivity index (χ0v) is 12.8. The van der Waals surface area contributed by atoms with Crippen LogP contribution in [0.3, 0.4) is 0 Å². The van der Waals surface area contributed by atoms with E-state index in [0.29, 0.717) is 29.4 Å². The average molecular weight is 272 g/mol. The summed E-state index contributed by atoms with van der Waals surface area (Å²) >= 11 is 0. The summed E-state index contributed by atoms with van der Waals surface area (Å²) in [5.41, 5.74) is 0. The van der Waals surface area contributed by atoms with Crippen LogP contribution in [0.2, 0.25) is 0 Å². The summed E-state index contributed by atoms with van der Waals surface area (Å²) in [5, 5.41) is 7.84. The van der Waals surface area contributed by atoms with Crippen molar-refractivity contribution in [1.82, 2.24) is 10.2 Å².